The van der Waals surface area contributed by atoms with Gasteiger partial charge in [-0.2, -0.15) is 0 Å². The van der Waals surface area contributed by atoms with Gasteiger partial charge in [0.25, 0.3) is 0 Å². The highest BCUT2D eigenvalue weighted by atomic mass is 14.9. The molecule has 0 aromatic heterocycles. The van der Waals surface area contributed by atoms with Crippen LogP contribution in [-0.4, -0.2) is 13.1 Å². The average Bonchev–Trinajstić information content (AvgIpc) is 2.64. The Balaban J connectivity index is 2.11. The summed E-state index contributed by atoms with van der Waals surface area (Å²) in [4.78, 5) is 0. The van der Waals surface area contributed by atoms with Gasteiger partial charge >= 0.3 is 0 Å². The maximum atomic E-state index is 5.30. The Bertz CT molecular complexity index is 162. The minimum atomic E-state index is 0.547. The van der Waals surface area contributed by atoms with Gasteiger partial charge in [0.05, 0.1) is 0 Å². The van der Waals surface area contributed by atoms with Crippen LogP contribution in [0, 0.1) is 18.3 Å². The fraction of sp³-hybridized carbons (Fsp3) is 0.833. The Morgan fingerprint density at radius 2 is 2.15 bits per heavy atom. The molecule has 1 aliphatic rings. The molecule has 0 saturated heterocycles. The molecule has 0 aromatic carbocycles. The van der Waals surface area contributed by atoms with Gasteiger partial charge < -0.3 is 5.32 Å². The van der Waals surface area contributed by atoms with Crippen molar-refractivity contribution in [2.24, 2.45) is 5.92 Å². The van der Waals surface area contributed by atoms with Gasteiger partial charge in [0.15, 0.2) is 0 Å². The van der Waals surface area contributed by atoms with E-state index in [-0.39, 0.29) is 0 Å². The second-order valence-corrected chi connectivity index (χ2v) is 4.12. The van der Waals surface area contributed by atoms with Crippen LogP contribution < -0.4 is 5.32 Å². The second-order valence-electron chi connectivity index (χ2n) is 4.12. The number of nitrogens with one attached hydrogen (secondary N) is 1. The van der Waals surface area contributed by atoms with Crippen molar-refractivity contribution in [2.75, 3.05) is 7.05 Å². The molecule has 0 aliphatic heterocycles. The molecular weight excluding hydrogens is 158 g/mol. The molecule has 13 heavy (non-hydrogen) atoms. The van der Waals surface area contributed by atoms with E-state index < -0.39 is 0 Å². The van der Waals surface area contributed by atoms with Crippen molar-refractivity contribution < 1.29 is 0 Å². The maximum Gasteiger partial charge on any atom is 0.0240 e. The molecule has 0 heterocycles. The van der Waals surface area contributed by atoms with Crippen LogP contribution in [0.4, 0.5) is 0 Å². The summed E-state index contributed by atoms with van der Waals surface area (Å²) < 4.78 is 0. The first-order valence-corrected chi connectivity index (χ1v) is 5.47. The van der Waals surface area contributed by atoms with Gasteiger partial charge in [0.1, 0.15) is 0 Å². The molecule has 0 radical (unpaired) electrons. The Labute approximate surface area is 82.3 Å². The predicted octanol–water partition coefficient (Wildman–Crippen LogP) is 2.57. The zero-order chi connectivity index (χ0) is 9.52. The van der Waals surface area contributed by atoms with Crippen LogP contribution in [0.25, 0.3) is 0 Å². The molecule has 0 bridgehead atoms. The smallest absolute Gasteiger partial charge is 0.0240 e. The first-order valence-electron chi connectivity index (χ1n) is 5.47. The minimum absolute atomic E-state index is 0.547. The zero-order valence-electron chi connectivity index (χ0n) is 8.68. The van der Waals surface area contributed by atoms with Crippen LogP contribution in [0.1, 0.15) is 44.9 Å². The normalized spacial score (nSPS) is 20.0. The van der Waals surface area contributed by atoms with Crippen molar-refractivity contribution in [3.63, 3.8) is 0 Å². The summed E-state index contributed by atoms with van der Waals surface area (Å²) in [6, 6.07) is 0.547. The molecule has 1 heteroatoms. The standard InChI is InChI=1S/C12H21N/c1-3-6-12(13-2)10-9-11-7-4-5-8-11/h1,11-13H,4-10H2,2H3. The van der Waals surface area contributed by atoms with E-state index in [1.54, 1.807) is 0 Å². The number of hydrogen-bond donors (Lipinski definition) is 1. The highest BCUT2D eigenvalue weighted by Crippen LogP contribution is 2.29. The Morgan fingerprint density at radius 3 is 2.69 bits per heavy atom. The van der Waals surface area contributed by atoms with E-state index in [2.05, 4.69) is 11.2 Å². The quantitative estimate of drug-likeness (QED) is 0.640. The van der Waals surface area contributed by atoms with E-state index in [0.29, 0.717) is 6.04 Å². The summed E-state index contributed by atoms with van der Waals surface area (Å²) in [5, 5.41) is 3.28. The van der Waals surface area contributed by atoms with Gasteiger partial charge in [0, 0.05) is 12.5 Å². The van der Waals surface area contributed by atoms with Crippen molar-refractivity contribution in [1.29, 1.82) is 0 Å². The summed E-state index contributed by atoms with van der Waals surface area (Å²) in [6.45, 7) is 0. The summed E-state index contributed by atoms with van der Waals surface area (Å²) in [7, 11) is 2.01. The van der Waals surface area contributed by atoms with Gasteiger partial charge in [-0.05, 0) is 25.8 Å². The molecule has 1 aliphatic carbocycles. The molecule has 1 rings (SSSR count). The lowest BCUT2D eigenvalue weighted by Gasteiger charge is -2.15. The minimum Gasteiger partial charge on any atom is -0.316 e. The van der Waals surface area contributed by atoms with Crippen LogP contribution >= 0.6 is 0 Å². The lowest BCUT2D eigenvalue weighted by molar-refractivity contribution is 0.424. The lowest BCUT2D eigenvalue weighted by atomic mass is 9.97. The average molecular weight is 179 g/mol. The molecule has 0 spiro atoms. The van der Waals surface area contributed by atoms with E-state index in [1.807, 2.05) is 7.05 Å². The van der Waals surface area contributed by atoms with E-state index in [4.69, 9.17) is 6.42 Å². The number of terminal acetylenes is 1. The SMILES string of the molecule is C#CCC(CCC1CCCC1)NC. The summed E-state index contributed by atoms with van der Waals surface area (Å²) >= 11 is 0. The number of hydrogen-bond acceptors (Lipinski definition) is 1. The van der Waals surface area contributed by atoms with Crippen LogP contribution in [-0.2, 0) is 0 Å². The van der Waals surface area contributed by atoms with E-state index in [1.165, 1.54) is 38.5 Å². The van der Waals surface area contributed by atoms with Crippen molar-refractivity contribution in [3.8, 4) is 12.3 Å². The first kappa shape index (κ1) is 10.6. The van der Waals surface area contributed by atoms with Gasteiger partial charge in [0.2, 0.25) is 0 Å². The third-order valence-corrected chi connectivity index (χ3v) is 3.17. The van der Waals surface area contributed by atoms with Crippen molar-refractivity contribution in [3.05, 3.63) is 0 Å². The Kier molecular flexibility index (Phi) is 4.93. The summed E-state index contributed by atoms with van der Waals surface area (Å²) in [6.07, 6.45) is 14.6. The maximum absolute atomic E-state index is 5.30. The fourth-order valence-electron chi connectivity index (χ4n) is 2.23. The molecule has 0 amide bonds. The Hall–Kier alpha value is -0.480. The summed E-state index contributed by atoms with van der Waals surface area (Å²) in [5.41, 5.74) is 0. The first-order chi connectivity index (χ1) is 6.36. The molecule has 1 N–H and O–H groups in total. The van der Waals surface area contributed by atoms with Crippen LogP contribution in [0.3, 0.4) is 0 Å². The van der Waals surface area contributed by atoms with Gasteiger partial charge in [-0.25, -0.2) is 0 Å². The molecule has 1 unspecified atom stereocenters. The zero-order valence-corrected chi connectivity index (χ0v) is 8.68. The third kappa shape index (κ3) is 3.83. The Morgan fingerprint density at radius 1 is 1.46 bits per heavy atom. The lowest BCUT2D eigenvalue weighted by Crippen LogP contribution is -2.25. The molecule has 0 aromatic rings. The van der Waals surface area contributed by atoms with Crippen molar-refractivity contribution in [1.82, 2.24) is 5.32 Å². The third-order valence-electron chi connectivity index (χ3n) is 3.17. The van der Waals surface area contributed by atoms with Crippen molar-refractivity contribution >= 4 is 0 Å². The predicted molar refractivity (Wildman–Crippen MR) is 57.5 cm³/mol. The summed E-state index contributed by atoms with van der Waals surface area (Å²) in [5.74, 6) is 3.73. The van der Waals surface area contributed by atoms with E-state index in [0.717, 1.165) is 12.3 Å². The second kappa shape index (κ2) is 6.05. The largest absolute Gasteiger partial charge is 0.316 e. The van der Waals surface area contributed by atoms with Gasteiger partial charge in [-0.1, -0.05) is 25.7 Å². The highest BCUT2D eigenvalue weighted by molar-refractivity contribution is 4.89. The topological polar surface area (TPSA) is 12.0 Å². The van der Waals surface area contributed by atoms with Gasteiger partial charge in [-0.3, -0.25) is 0 Å². The molecular formula is C12H21N. The monoisotopic (exact) mass is 179 g/mol. The molecule has 74 valence electrons. The molecule has 1 nitrogen and oxygen atoms in total. The molecule has 1 fully saturated rings. The van der Waals surface area contributed by atoms with Crippen LogP contribution in [0.5, 0.6) is 0 Å². The molecule has 1 atom stereocenters. The van der Waals surface area contributed by atoms with E-state index in [9.17, 15) is 0 Å². The van der Waals surface area contributed by atoms with Crippen LogP contribution in [0.2, 0.25) is 0 Å². The van der Waals surface area contributed by atoms with Gasteiger partial charge in [-0.15, -0.1) is 12.3 Å². The van der Waals surface area contributed by atoms with Crippen LogP contribution in [0.15, 0.2) is 0 Å². The number of rotatable bonds is 5. The fourth-order valence-corrected chi connectivity index (χ4v) is 2.23. The molecule has 1 saturated carbocycles. The van der Waals surface area contributed by atoms with Crippen molar-refractivity contribution in [2.45, 2.75) is 51.0 Å². The van der Waals surface area contributed by atoms with E-state index >= 15 is 0 Å². The highest BCUT2D eigenvalue weighted by Gasteiger charge is 2.16.